The van der Waals surface area contributed by atoms with Crippen LogP contribution in [0.5, 0.6) is 11.5 Å². The van der Waals surface area contributed by atoms with Crippen molar-refractivity contribution < 1.29 is 170 Å². The number of nitrogens with one attached hydrogen (secondary N) is 2. The molecule has 5 saturated carbocycles. The minimum atomic E-state index is -4.64. The fourth-order valence-corrected chi connectivity index (χ4v) is 12.8. The first kappa shape index (κ1) is 104. The number of ether oxygens (including phenoxy) is 12. The number of aliphatic carboxylic acids is 1. The molecule has 9 aliphatic rings. The van der Waals surface area contributed by atoms with Crippen LogP contribution in [0, 0.1) is 23.5 Å². The second-order valence-corrected chi connectivity index (χ2v) is 30.6. The summed E-state index contributed by atoms with van der Waals surface area (Å²) < 4.78 is 259. The molecule has 5 amide bonds. The number of hydrogen-bond acceptors (Lipinski definition) is 20. The number of benzene rings is 2. The first-order chi connectivity index (χ1) is 55.7. The Kier molecular flexibility index (Phi) is 44.4. The topological polar surface area (TPSA) is 313 Å². The van der Waals surface area contributed by atoms with E-state index in [0.717, 1.165) is 50.9 Å². The summed E-state index contributed by atoms with van der Waals surface area (Å²) >= 11 is 14.1. The van der Waals surface area contributed by atoms with Gasteiger partial charge in [0.05, 0.1) is 111 Å². The van der Waals surface area contributed by atoms with Crippen molar-refractivity contribution in [1.82, 2.24) is 25.3 Å². The van der Waals surface area contributed by atoms with Crippen molar-refractivity contribution in [2.24, 2.45) is 17.6 Å². The summed E-state index contributed by atoms with van der Waals surface area (Å²) in [6, 6.07) is 7.16. The Balaban J connectivity index is 0.000000257. The summed E-state index contributed by atoms with van der Waals surface area (Å²) in [5.41, 5.74) is 5.68. The van der Waals surface area contributed by atoms with Gasteiger partial charge in [-0.3, -0.25) is 47.7 Å². The number of carboxylic acid groups (broad SMARTS) is 1. The molecule has 6 N–H and O–H groups in total. The first-order valence-electron chi connectivity index (χ1n) is 38.2. The minimum Gasteiger partial charge on any atom is -0.484 e. The minimum absolute atomic E-state index is 0.0132. The highest BCUT2D eigenvalue weighted by Gasteiger charge is 2.45. The number of aliphatic hydroxyl groups is 1. The standard InChI is InChI=1S/C20H23ClF4N2O5.C13H20F3NO3.C12H19F3N2O3.C8H6ClFO3.C7H10BrF3O2.C7H11F3O3.C6H11NO/c21-16-2-1-13(10-17(16)22)31-11-18(28)26-12-3-4-27(19(29)7-12)5-6-30-14-8-15(9-14)32-20(23,24)25;1-9-2-3-17(12(18)6-9)4-5-19-10-7-11(8-10)20-13(14,15)16;13-12(14,15)20-10-6-9(7-10)19-4-3-17-2-1-8(16)5-11(17)18;9-6-2-1-5(3-7(6)10)13-4-8(11)12;8-1-2-12-5-3-6(4-5)13-7(9,10)11;8-7(9,10)13-6-3-5(4-6)12-2-1-11;1-5-2-3-7-6(8)4-5/h1-2,10,12,14-15H,3-9,11H2,(H,26,28);9-11H,2-8H2,1H3;8-10H,1-7,16H2;1-3H,4H2,(H,11,12);5-6H,1-4H2;5-6,11H,1-4H2;5H,2-4H2,1H3,(H,7,8). The molecule has 0 radical (unpaired) electrons. The zero-order valence-corrected chi connectivity index (χ0v) is 67.9. The predicted octanol–water partition coefficient (Wildman–Crippen LogP) is 12.4. The molecule has 5 aliphatic carbocycles. The molecule has 0 spiro atoms. The molecule has 4 atom stereocenters. The van der Waals surface area contributed by atoms with Crippen LogP contribution in [0.25, 0.3) is 0 Å². The molecule has 682 valence electrons. The Bertz CT molecular complexity index is 3280. The number of aliphatic hydroxyl groups excluding tert-OH is 1. The molecule has 46 heteroatoms. The quantitative estimate of drug-likeness (QED) is 0.0358. The normalized spacial score (nSPS) is 26.2. The van der Waals surface area contributed by atoms with Crippen LogP contribution in [-0.4, -0.2) is 269 Å². The number of piperidine rings is 4. The Labute approximate surface area is 693 Å². The average molecular weight is 1860 g/mol. The summed E-state index contributed by atoms with van der Waals surface area (Å²) in [5, 5.41) is 22.7. The Hall–Kier alpha value is -5.75. The Morgan fingerprint density at radius 1 is 0.487 bits per heavy atom. The van der Waals surface area contributed by atoms with Crippen molar-refractivity contribution in [3.8, 4) is 11.5 Å². The van der Waals surface area contributed by atoms with Crippen LogP contribution >= 0.6 is 39.1 Å². The van der Waals surface area contributed by atoms with E-state index < -0.39 is 92.4 Å². The van der Waals surface area contributed by atoms with E-state index in [1.54, 1.807) is 14.7 Å². The van der Waals surface area contributed by atoms with Crippen LogP contribution < -0.4 is 25.8 Å². The highest BCUT2D eigenvalue weighted by atomic mass is 79.9. The van der Waals surface area contributed by atoms with Gasteiger partial charge in [0.25, 0.3) is 5.91 Å². The Morgan fingerprint density at radius 3 is 1.15 bits per heavy atom. The highest BCUT2D eigenvalue weighted by molar-refractivity contribution is 9.09. The molecule has 11 rings (SSSR count). The Morgan fingerprint density at radius 2 is 0.832 bits per heavy atom. The van der Waals surface area contributed by atoms with Gasteiger partial charge < -0.3 is 74.4 Å². The number of likely N-dealkylation sites (tertiary alicyclic amines) is 3. The zero-order chi connectivity index (χ0) is 88.4. The molecule has 4 unspecified atom stereocenters. The van der Waals surface area contributed by atoms with E-state index in [1.807, 2.05) is 0 Å². The molecule has 4 heterocycles. The number of carbonyl (C=O) groups is 6. The van der Waals surface area contributed by atoms with E-state index in [0.29, 0.717) is 102 Å². The molecule has 2 aromatic carbocycles. The van der Waals surface area contributed by atoms with Crippen LogP contribution in [0.1, 0.15) is 129 Å². The molecule has 0 bridgehead atoms. The third-order valence-electron chi connectivity index (χ3n) is 19.0. The number of nitrogens with zero attached hydrogens (tertiary/aromatic N) is 3. The molecule has 9 fully saturated rings. The number of carbonyl (C=O) groups excluding carboxylic acids is 5. The summed E-state index contributed by atoms with van der Waals surface area (Å²) in [4.78, 5) is 73.3. The third kappa shape index (κ3) is 44.9. The summed E-state index contributed by atoms with van der Waals surface area (Å²) in [5.74, 6) is -1.29. The van der Waals surface area contributed by atoms with Crippen LogP contribution in [-0.2, 0) is 76.1 Å². The smallest absolute Gasteiger partial charge is 0.484 e. The van der Waals surface area contributed by atoms with Gasteiger partial charge >= 0.3 is 37.8 Å². The zero-order valence-electron chi connectivity index (χ0n) is 64.8. The van der Waals surface area contributed by atoms with E-state index >= 15 is 0 Å². The van der Waals surface area contributed by atoms with Crippen molar-refractivity contribution in [1.29, 1.82) is 0 Å². The van der Waals surface area contributed by atoms with Crippen molar-refractivity contribution in [3.05, 3.63) is 58.1 Å². The lowest BCUT2D eigenvalue weighted by atomic mass is 9.92. The fourth-order valence-electron chi connectivity index (χ4n) is 12.4. The molecule has 119 heavy (non-hydrogen) atoms. The summed E-state index contributed by atoms with van der Waals surface area (Å²) in [6.45, 7) is 8.83. The van der Waals surface area contributed by atoms with Gasteiger partial charge in [0.1, 0.15) is 23.1 Å². The van der Waals surface area contributed by atoms with Gasteiger partial charge in [-0.05, 0) is 61.8 Å². The van der Waals surface area contributed by atoms with Gasteiger partial charge in [0, 0.05) is 165 Å². The maximum atomic E-state index is 13.4. The number of hydrogen-bond donors (Lipinski definition) is 5. The van der Waals surface area contributed by atoms with Crippen molar-refractivity contribution in [3.63, 3.8) is 0 Å². The molecule has 0 aromatic heterocycles. The molecular weight excluding hydrogens is 1750 g/mol. The lowest BCUT2D eigenvalue weighted by molar-refractivity contribution is -0.358. The van der Waals surface area contributed by atoms with Gasteiger partial charge in [0.2, 0.25) is 23.6 Å². The predicted molar refractivity (Wildman–Crippen MR) is 390 cm³/mol. The number of halogens is 20. The largest absolute Gasteiger partial charge is 0.522 e. The van der Waals surface area contributed by atoms with Gasteiger partial charge in [-0.25, -0.2) is 13.6 Å². The molecule has 4 aliphatic heterocycles. The van der Waals surface area contributed by atoms with Crippen LogP contribution in [0.3, 0.4) is 0 Å². The van der Waals surface area contributed by atoms with Crippen LogP contribution in [0.15, 0.2) is 36.4 Å². The SMILES string of the molecule is CC1CCN(CCOC2CC(OC(F)(F)F)C2)C(=O)C1.CC1CCNC(=O)C1.FC(F)(F)OC1CC(OCCBr)C1.NC1CCN(CCOC2CC(OC(F)(F)F)C2)C(=O)C1.O=C(COc1ccc(Cl)c(F)c1)NC1CCN(CCOC2CC(OC(F)(F)F)C2)C(=O)C1.O=C(O)COc1ccc(Cl)c(F)c1.OCCOC1CC(OC(F)(F)F)C1. The molecule has 2 aromatic rings. The lowest BCUT2D eigenvalue weighted by Crippen LogP contribution is -2.49. The second kappa shape index (κ2) is 50.9. The van der Waals surface area contributed by atoms with E-state index in [1.165, 1.54) is 24.3 Å². The number of nitrogens with two attached hydrogens (primary N) is 1. The van der Waals surface area contributed by atoms with Gasteiger partial charge in [-0.1, -0.05) is 53.0 Å². The monoisotopic (exact) mass is 1850 g/mol. The summed E-state index contributed by atoms with van der Waals surface area (Å²) in [6.07, 6.45) is -19.9. The number of carboxylic acids is 1. The average Bonchev–Trinajstić information content (AvgIpc) is 0.855. The molecule has 26 nitrogen and oxygen atoms in total. The number of rotatable bonds is 30. The first-order valence-corrected chi connectivity index (χ1v) is 40.0. The maximum Gasteiger partial charge on any atom is 0.522 e. The third-order valence-corrected chi connectivity index (χ3v) is 19.9. The fraction of sp³-hybridized carbons (Fsp3) is 0.753. The van der Waals surface area contributed by atoms with E-state index in [-0.39, 0.29) is 172 Å². The van der Waals surface area contributed by atoms with Crippen LogP contribution in [0.4, 0.5) is 74.6 Å². The van der Waals surface area contributed by atoms with Crippen molar-refractivity contribution >= 4 is 74.6 Å². The summed E-state index contributed by atoms with van der Waals surface area (Å²) in [7, 11) is 0. The van der Waals surface area contributed by atoms with Gasteiger partial charge in [0.15, 0.2) is 13.2 Å². The van der Waals surface area contributed by atoms with Gasteiger partial charge in [-0.2, -0.15) is 0 Å². The molecule has 4 saturated heterocycles. The highest BCUT2D eigenvalue weighted by Crippen LogP contribution is 2.37. The van der Waals surface area contributed by atoms with E-state index in [4.69, 9.17) is 72.3 Å². The molecular formula is C73H100BrCl2F17N6O20. The maximum absolute atomic E-state index is 13.4. The second-order valence-electron chi connectivity index (χ2n) is 29.0. The number of alkyl halides is 16. The van der Waals surface area contributed by atoms with Crippen molar-refractivity contribution in [2.75, 3.05) is 104 Å². The number of amides is 5. The van der Waals surface area contributed by atoms with E-state index in [9.17, 15) is 103 Å². The van der Waals surface area contributed by atoms with Gasteiger partial charge in [-0.15, -0.1) is 65.9 Å². The lowest BCUT2D eigenvalue weighted by Gasteiger charge is -2.36. The van der Waals surface area contributed by atoms with Crippen molar-refractivity contribution in [2.45, 2.75) is 234 Å². The van der Waals surface area contributed by atoms with E-state index in [2.05, 4.69) is 64.1 Å². The van der Waals surface area contributed by atoms with Crippen LogP contribution in [0.2, 0.25) is 10.0 Å².